The number of hydrogen-bond acceptors (Lipinski definition) is 7. The maximum atomic E-state index is 12.0. The minimum absolute atomic E-state index is 0.117. The van der Waals surface area contributed by atoms with Gasteiger partial charge in [0.15, 0.2) is 16.1 Å². The lowest BCUT2D eigenvalue weighted by Crippen LogP contribution is -2.14. The first-order valence-corrected chi connectivity index (χ1v) is 10.4. The molecule has 0 fully saturated rings. The molecule has 0 aliphatic carbocycles. The zero-order valence-electron chi connectivity index (χ0n) is 15.4. The maximum Gasteiger partial charge on any atom is 0.236 e. The lowest BCUT2D eigenvalue weighted by atomic mass is 10.1. The summed E-state index contributed by atoms with van der Waals surface area (Å²) < 4.78 is 7.90. The highest BCUT2D eigenvalue weighted by atomic mass is 32.2. The Morgan fingerprint density at radius 2 is 2.19 bits per heavy atom. The van der Waals surface area contributed by atoms with Crippen molar-refractivity contribution in [2.75, 3.05) is 11.1 Å². The number of rotatable bonds is 8. The topological polar surface area (TPSA) is 81.9 Å². The molecular formula is C18H21N5O2S2. The number of thioether (sulfide) groups is 1. The van der Waals surface area contributed by atoms with Crippen LogP contribution in [-0.4, -0.2) is 31.4 Å². The standard InChI is InChI=1S/C18H21N5O2S2/c1-4-23-15(10-25-14-7-5-6-12(2)13(14)3)21-22-18(23)27-11-16(24)20-17-19-8-9-26-17/h5-9H,4,10-11H2,1-3H3,(H,19,20,24). The van der Waals surface area contributed by atoms with Crippen molar-refractivity contribution in [1.82, 2.24) is 19.7 Å². The van der Waals surface area contributed by atoms with Crippen molar-refractivity contribution in [2.45, 2.75) is 39.1 Å². The molecule has 0 spiro atoms. The zero-order valence-corrected chi connectivity index (χ0v) is 17.1. The van der Waals surface area contributed by atoms with Crippen molar-refractivity contribution in [3.8, 4) is 5.75 Å². The Bertz CT molecular complexity index is 909. The molecule has 0 unspecified atom stereocenters. The van der Waals surface area contributed by atoms with Gasteiger partial charge in [0.2, 0.25) is 5.91 Å². The van der Waals surface area contributed by atoms with Crippen LogP contribution in [0.4, 0.5) is 5.13 Å². The van der Waals surface area contributed by atoms with Gasteiger partial charge in [-0.3, -0.25) is 4.79 Å². The van der Waals surface area contributed by atoms with Crippen LogP contribution in [0.1, 0.15) is 23.9 Å². The number of anilines is 1. The van der Waals surface area contributed by atoms with Gasteiger partial charge in [-0.15, -0.1) is 21.5 Å². The number of aromatic nitrogens is 4. The monoisotopic (exact) mass is 403 g/mol. The second-order valence-corrected chi connectivity index (χ2v) is 7.64. The van der Waals surface area contributed by atoms with E-state index in [1.54, 1.807) is 6.20 Å². The highest BCUT2D eigenvalue weighted by molar-refractivity contribution is 7.99. The molecule has 27 heavy (non-hydrogen) atoms. The van der Waals surface area contributed by atoms with Gasteiger partial charge in [-0.2, -0.15) is 0 Å². The summed E-state index contributed by atoms with van der Waals surface area (Å²) >= 11 is 2.74. The Labute approximate surface area is 166 Å². The lowest BCUT2D eigenvalue weighted by Gasteiger charge is -2.11. The predicted molar refractivity (Wildman–Crippen MR) is 107 cm³/mol. The third kappa shape index (κ3) is 4.86. The number of carbonyl (C=O) groups is 1. The van der Waals surface area contributed by atoms with Crippen molar-refractivity contribution in [2.24, 2.45) is 0 Å². The molecule has 0 saturated heterocycles. The highest BCUT2D eigenvalue weighted by Gasteiger charge is 2.14. The first-order valence-electron chi connectivity index (χ1n) is 8.51. The second-order valence-electron chi connectivity index (χ2n) is 5.80. The third-order valence-electron chi connectivity index (χ3n) is 4.03. The number of ether oxygens (including phenoxy) is 1. The summed E-state index contributed by atoms with van der Waals surface area (Å²) in [5, 5.41) is 14.3. The third-order valence-corrected chi connectivity index (χ3v) is 5.69. The van der Waals surface area contributed by atoms with E-state index >= 15 is 0 Å². The molecule has 0 atom stereocenters. The molecule has 0 bridgehead atoms. The quantitative estimate of drug-likeness (QED) is 0.578. The van der Waals surface area contributed by atoms with E-state index < -0.39 is 0 Å². The first kappa shape index (κ1) is 19.4. The average molecular weight is 404 g/mol. The second kappa shape index (κ2) is 9.01. The van der Waals surface area contributed by atoms with Gasteiger partial charge >= 0.3 is 0 Å². The van der Waals surface area contributed by atoms with Gasteiger partial charge in [-0.25, -0.2) is 4.98 Å². The van der Waals surface area contributed by atoms with Crippen LogP contribution in [0.3, 0.4) is 0 Å². The lowest BCUT2D eigenvalue weighted by molar-refractivity contribution is -0.113. The molecule has 3 aromatic rings. The maximum absolute atomic E-state index is 12.0. The summed E-state index contributed by atoms with van der Waals surface area (Å²) in [5.41, 5.74) is 2.31. The van der Waals surface area contributed by atoms with Gasteiger partial charge in [-0.05, 0) is 38.0 Å². The Morgan fingerprint density at radius 3 is 2.93 bits per heavy atom. The molecule has 0 saturated carbocycles. The smallest absolute Gasteiger partial charge is 0.236 e. The number of amides is 1. The number of aryl methyl sites for hydroxylation is 1. The van der Waals surface area contributed by atoms with E-state index in [9.17, 15) is 4.79 Å². The van der Waals surface area contributed by atoms with Crippen LogP contribution in [0.15, 0.2) is 34.9 Å². The fourth-order valence-electron chi connectivity index (χ4n) is 2.44. The van der Waals surface area contributed by atoms with E-state index in [2.05, 4.69) is 33.5 Å². The molecule has 0 radical (unpaired) electrons. The summed E-state index contributed by atoms with van der Waals surface area (Å²) in [7, 11) is 0. The van der Waals surface area contributed by atoms with E-state index in [1.165, 1.54) is 28.7 Å². The summed E-state index contributed by atoms with van der Waals surface area (Å²) in [6.07, 6.45) is 1.66. The number of nitrogens with zero attached hydrogens (tertiary/aromatic N) is 4. The van der Waals surface area contributed by atoms with Gasteiger partial charge in [0.1, 0.15) is 12.4 Å². The zero-order chi connectivity index (χ0) is 19.2. The molecule has 3 rings (SSSR count). The highest BCUT2D eigenvalue weighted by Crippen LogP contribution is 2.23. The van der Waals surface area contributed by atoms with Crippen molar-refractivity contribution in [3.05, 3.63) is 46.7 Å². The van der Waals surface area contributed by atoms with Crippen LogP contribution in [0.5, 0.6) is 5.75 Å². The first-order chi connectivity index (χ1) is 13.1. The van der Waals surface area contributed by atoms with E-state index in [-0.39, 0.29) is 11.7 Å². The number of nitrogens with one attached hydrogen (secondary N) is 1. The molecular weight excluding hydrogens is 382 g/mol. The Kier molecular flexibility index (Phi) is 6.46. The van der Waals surface area contributed by atoms with Gasteiger partial charge in [-0.1, -0.05) is 23.9 Å². The van der Waals surface area contributed by atoms with Crippen molar-refractivity contribution >= 4 is 34.1 Å². The fourth-order valence-corrected chi connectivity index (χ4v) is 3.81. The van der Waals surface area contributed by atoms with Crippen molar-refractivity contribution < 1.29 is 9.53 Å². The Hall–Kier alpha value is -2.39. The molecule has 1 amide bonds. The van der Waals surface area contributed by atoms with Gasteiger partial charge in [0, 0.05) is 18.1 Å². The number of hydrogen-bond donors (Lipinski definition) is 1. The van der Waals surface area contributed by atoms with E-state index in [0.717, 1.165) is 17.1 Å². The van der Waals surface area contributed by atoms with Gasteiger partial charge < -0.3 is 14.6 Å². The van der Waals surface area contributed by atoms with Gasteiger partial charge in [0.25, 0.3) is 0 Å². The summed E-state index contributed by atoms with van der Waals surface area (Å²) in [4.78, 5) is 16.1. The van der Waals surface area contributed by atoms with Crippen LogP contribution >= 0.6 is 23.1 Å². The molecule has 9 heteroatoms. The molecule has 0 aliphatic rings. The van der Waals surface area contributed by atoms with Crippen LogP contribution < -0.4 is 10.1 Å². The normalized spacial score (nSPS) is 10.8. The number of carbonyl (C=O) groups excluding carboxylic acids is 1. The van der Waals surface area contributed by atoms with E-state index in [4.69, 9.17) is 4.74 Å². The minimum atomic E-state index is -0.117. The molecule has 0 aliphatic heterocycles. The average Bonchev–Trinajstić information content (AvgIpc) is 3.30. The Balaban J connectivity index is 1.60. The Morgan fingerprint density at radius 1 is 1.33 bits per heavy atom. The molecule has 7 nitrogen and oxygen atoms in total. The summed E-state index contributed by atoms with van der Waals surface area (Å²) in [5.74, 6) is 1.71. The number of thiazole rings is 1. The molecule has 2 heterocycles. The predicted octanol–water partition coefficient (Wildman–Crippen LogP) is 3.68. The van der Waals surface area contributed by atoms with E-state index in [0.29, 0.717) is 23.4 Å². The molecule has 142 valence electrons. The summed E-state index contributed by atoms with van der Waals surface area (Å²) in [6.45, 7) is 7.15. The SMILES string of the molecule is CCn1c(COc2cccc(C)c2C)nnc1SCC(=O)Nc1nccs1. The number of benzene rings is 1. The molecule has 2 aromatic heterocycles. The van der Waals surface area contributed by atoms with E-state index in [1.807, 2.05) is 35.9 Å². The summed E-state index contributed by atoms with van der Waals surface area (Å²) in [6, 6.07) is 5.99. The van der Waals surface area contributed by atoms with Crippen molar-refractivity contribution in [3.63, 3.8) is 0 Å². The largest absolute Gasteiger partial charge is 0.485 e. The van der Waals surface area contributed by atoms with Crippen LogP contribution in [0.25, 0.3) is 0 Å². The fraction of sp³-hybridized carbons (Fsp3) is 0.333. The van der Waals surface area contributed by atoms with Crippen molar-refractivity contribution in [1.29, 1.82) is 0 Å². The molecule has 1 aromatic carbocycles. The molecule has 1 N–H and O–H groups in total. The van der Waals surface area contributed by atoms with Crippen LogP contribution in [0.2, 0.25) is 0 Å². The minimum Gasteiger partial charge on any atom is -0.485 e. The van der Waals surface area contributed by atoms with Gasteiger partial charge in [0.05, 0.1) is 5.75 Å². The van der Waals surface area contributed by atoms with Crippen LogP contribution in [-0.2, 0) is 17.9 Å². The van der Waals surface area contributed by atoms with Crippen LogP contribution in [0, 0.1) is 13.8 Å².